The summed E-state index contributed by atoms with van der Waals surface area (Å²) >= 11 is 0. The van der Waals surface area contributed by atoms with Crippen molar-refractivity contribution in [1.29, 1.82) is 0 Å². The molecule has 0 spiro atoms. The molecule has 1 N–H and O–H groups in total. The Hall–Kier alpha value is -4.11. The molecule has 2 unspecified atom stereocenters. The lowest BCUT2D eigenvalue weighted by Crippen LogP contribution is -2.37. The molecule has 0 amide bonds. The highest BCUT2D eigenvalue weighted by molar-refractivity contribution is 7.47. The fourth-order valence-corrected chi connectivity index (χ4v) is 7.21. The minimum atomic E-state index is -4.39. The van der Waals surface area contributed by atoms with Gasteiger partial charge in [-0.1, -0.05) is 205 Å². The Morgan fingerprint density at radius 2 is 0.803 bits per heavy atom. The molecule has 0 aliphatic carbocycles. The summed E-state index contributed by atoms with van der Waals surface area (Å²) in [6, 6.07) is 0. The molecular weight excluding hydrogens is 906 g/mol. The zero-order chi connectivity index (χ0) is 52.0. The molecule has 2 atom stereocenters. The van der Waals surface area contributed by atoms with E-state index in [1.54, 1.807) is 0 Å². The van der Waals surface area contributed by atoms with E-state index in [4.69, 9.17) is 18.5 Å². The van der Waals surface area contributed by atoms with Gasteiger partial charge >= 0.3 is 19.8 Å². The van der Waals surface area contributed by atoms with Crippen LogP contribution in [0.1, 0.15) is 174 Å². The molecule has 71 heavy (non-hydrogen) atoms. The standard InChI is InChI=1S/C61H98NO8P/c1-6-8-10-12-14-16-17-18-19-20-21-22-23-24-25-26-27-28-29-30-31-32-33-34-35-36-37-38-39-40-41-42-43-44-45-46-48-50-52-54-61(64)70-59(58-69-71(65,66)68-56-55-62(3,4)5)57-67-60(63)53-51-49-47-15-13-11-9-7-2/h8,10,14,16,18-19,21-22,24-25,27-28,30-31,33-34,36-37,39-40,42-43,45-46,59H,6-7,9,11-13,15,17,20,23,26,29,32,35,38,41,44,47-58H2,1-5H3/p+1/b10-8-,16-14-,19-18-,22-21-,25-24-,28-27-,31-30-,34-33-,37-36-,40-39-,43-42-,46-45-. The summed E-state index contributed by atoms with van der Waals surface area (Å²) in [6.45, 7) is 4.19. The number of esters is 2. The SMILES string of the molecule is CC/C=C\C/C=C\C/C=C\C/C=C\C/C=C\C/C=C\C/C=C\C/C=C\C/C=C\C/C=C\C/C=C\C/C=C\CCCCC(=O)OC(COC(=O)CCCCCCCCCC)COP(=O)(O)OCC[N+](C)(C)C. The van der Waals surface area contributed by atoms with Crippen LogP contribution in [-0.2, 0) is 32.7 Å². The first kappa shape index (κ1) is 66.9. The number of ether oxygens (including phenoxy) is 2. The average molecular weight is 1010 g/mol. The van der Waals surface area contributed by atoms with Crippen molar-refractivity contribution in [3.8, 4) is 0 Å². The Bertz CT molecular complexity index is 1700. The first-order valence-corrected chi connectivity index (χ1v) is 28.6. The molecule has 0 fully saturated rings. The zero-order valence-corrected chi connectivity index (χ0v) is 46.0. The molecule has 9 nitrogen and oxygen atoms in total. The van der Waals surface area contributed by atoms with E-state index in [1.807, 2.05) is 21.1 Å². The highest BCUT2D eigenvalue weighted by Crippen LogP contribution is 2.43. The van der Waals surface area contributed by atoms with Crippen LogP contribution in [-0.4, -0.2) is 74.9 Å². The molecule has 0 aliphatic heterocycles. The van der Waals surface area contributed by atoms with E-state index >= 15 is 0 Å². The number of hydrogen-bond acceptors (Lipinski definition) is 7. The molecule has 0 bridgehead atoms. The van der Waals surface area contributed by atoms with Crippen molar-refractivity contribution in [1.82, 2.24) is 0 Å². The van der Waals surface area contributed by atoms with Crippen molar-refractivity contribution in [3.63, 3.8) is 0 Å². The van der Waals surface area contributed by atoms with Gasteiger partial charge in [-0.15, -0.1) is 0 Å². The van der Waals surface area contributed by atoms with Gasteiger partial charge in [-0.2, -0.15) is 0 Å². The van der Waals surface area contributed by atoms with Crippen molar-refractivity contribution >= 4 is 19.8 Å². The molecule has 0 heterocycles. The number of carbonyl (C=O) groups is 2. The predicted molar refractivity (Wildman–Crippen MR) is 302 cm³/mol. The molecule has 10 heteroatoms. The summed E-state index contributed by atoms with van der Waals surface area (Å²) in [5, 5.41) is 0. The van der Waals surface area contributed by atoms with Gasteiger partial charge in [0.1, 0.15) is 19.8 Å². The van der Waals surface area contributed by atoms with Gasteiger partial charge in [-0.05, 0) is 103 Å². The van der Waals surface area contributed by atoms with Crippen LogP contribution < -0.4 is 0 Å². The number of phosphoric acid groups is 1. The second kappa shape index (κ2) is 50.8. The normalized spacial score (nSPS) is 14.5. The average Bonchev–Trinajstić information content (AvgIpc) is 3.33. The van der Waals surface area contributed by atoms with Crippen molar-refractivity contribution in [3.05, 3.63) is 146 Å². The molecule has 0 radical (unpaired) electrons. The van der Waals surface area contributed by atoms with Gasteiger partial charge in [0.2, 0.25) is 0 Å². The van der Waals surface area contributed by atoms with E-state index in [0.717, 1.165) is 109 Å². The first-order chi connectivity index (χ1) is 34.5. The van der Waals surface area contributed by atoms with Crippen LogP contribution in [0.15, 0.2) is 146 Å². The zero-order valence-electron chi connectivity index (χ0n) is 45.1. The summed E-state index contributed by atoms with van der Waals surface area (Å²) in [7, 11) is 1.43. The Labute approximate surface area is 433 Å². The summed E-state index contributed by atoms with van der Waals surface area (Å²) in [6.07, 6.45) is 75.2. The fraction of sp³-hybridized carbons (Fsp3) is 0.574. The van der Waals surface area contributed by atoms with E-state index in [2.05, 4.69) is 160 Å². The van der Waals surface area contributed by atoms with Crippen LogP contribution in [0.3, 0.4) is 0 Å². The lowest BCUT2D eigenvalue weighted by Gasteiger charge is -2.24. The molecule has 0 saturated heterocycles. The van der Waals surface area contributed by atoms with Gasteiger partial charge in [0.05, 0.1) is 27.7 Å². The smallest absolute Gasteiger partial charge is 0.462 e. The third-order valence-electron chi connectivity index (χ3n) is 10.6. The number of likely N-dealkylation sites (N-methyl/N-ethyl adjacent to an activating group) is 1. The minimum Gasteiger partial charge on any atom is -0.462 e. The number of unbranched alkanes of at least 4 members (excludes halogenated alkanes) is 9. The van der Waals surface area contributed by atoms with Crippen LogP contribution in [0.5, 0.6) is 0 Å². The summed E-state index contributed by atoms with van der Waals surface area (Å²) in [5.74, 6) is -0.867. The molecule has 0 aliphatic rings. The monoisotopic (exact) mass is 1000 g/mol. The Morgan fingerprint density at radius 3 is 1.20 bits per heavy atom. The lowest BCUT2D eigenvalue weighted by atomic mass is 10.1. The number of carbonyl (C=O) groups excluding carboxylic acids is 2. The molecule has 0 aromatic heterocycles. The highest BCUT2D eigenvalue weighted by Gasteiger charge is 2.27. The van der Waals surface area contributed by atoms with Gasteiger partial charge in [0.15, 0.2) is 6.10 Å². The number of allylic oxidation sites excluding steroid dienone is 24. The van der Waals surface area contributed by atoms with Crippen LogP contribution in [0.4, 0.5) is 0 Å². The van der Waals surface area contributed by atoms with Gasteiger partial charge in [0, 0.05) is 12.8 Å². The van der Waals surface area contributed by atoms with E-state index < -0.39 is 32.5 Å². The molecular formula is C61H99NO8P+. The van der Waals surface area contributed by atoms with Gasteiger partial charge in [-0.3, -0.25) is 18.6 Å². The molecule has 0 aromatic carbocycles. The number of phosphoric ester groups is 1. The maximum atomic E-state index is 12.7. The van der Waals surface area contributed by atoms with Gasteiger partial charge in [0.25, 0.3) is 0 Å². The van der Waals surface area contributed by atoms with Gasteiger partial charge < -0.3 is 18.9 Å². The maximum Gasteiger partial charge on any atom is 0.472 e. The molecule has 0 rings (SSSR count). The van der Waals surface area contributed by atoms with Gasteiger partial charge in [-0.25, -0.2) is 4.57 Å². The first-order valence-electron chi connectivity index (χ1n) is 27.1. The topological polar surface area (TPSA) is 108 Å². The second-order valence-corrected chi connectivity index (χ2v) is 20.0. The number of rotatable bonds is 47. The number of nitrogens with zero attached hydrogens (tertiary/aromatic N) is 1. The molecule has 400 valence electrons. The van der Waals surface area contributed by atoms with Crippen LogP contribution in [0.2, 0.25) is 0 Å². The molecule has 0 aromatic rings. The highest BCUT2D eigenvalue weighted by atomic mass is 31.2. The quantitative estimate of drug-likeness (QED) is 0.0211. The van der Waals surface area contributed by atoms with E-state index in [1.165, 1.54) is 32.1 Å². The van der Waals surface area contributed by atoms with Crippen molar-refractivity contribution in [2.75, 3.05) is 47.5 Å². The second-order valence-electron chi connectivity index (χ2n) is 18.5. The van der Waals surface area contributed by atoms with Crippen LogP contribution in [0, 0.1) is 0 Å². The Balaban J connectivity index is 4.18. The molecule has 0 saturated carbocycles. The third kappa shape index (κ3) is 55.1. The summed E-state index contributed by atoms with van der Waals surface area (Å²) in [5.41, 5.74) is 0. The number of quaternary nitrogens is 1. The van der Waals surface area contributed by atoms with E-state index in [-0.39, 0.29) is 26.1 Å². The summed E-state index contributed by atoms with van der Waals surface area (Å²) in [4.78, 5) is 35.3. The Kier molecular flexibility index (Phi) is 47.9. The predicted octanol–water partition coefficient (Wildman–Crippen LogP) is 16.7. The fourth-order valence-electron chi connectivity index (χ4n) is 6.46. The van der Waals surface area contributed by atoms with E-state index in [0.29, 0.717) is 17.4 Å². The number of hydrogen-bond donors (Lipinski definition) is 1. The largest absolute Gasteiger partial charge is 0.472 e. The maximum absolute atomic E-state index is 12.7. The van der Waals surface area contributed by atoms with Crippen molar-refractivity contribution < 1.29 is 42.1 Å². The summed E-state index contributed by atoms with van der Waals surface area (Å²) < 4.78 is 34.2. The van der Waals surface area contributed by atoms with E-state index in [9.17, 15) is 19.0 Å². The third-order valence-corrected chi connectivity index (χ3v) is 11.6. The minimum absolute atomic E-state index is 0.0161. The van der Waals surface area contributed by atoms with Crippen molar-refractivity contribution in [2.24, 2.45) is 0 Å². The van der Waals surface area contributed by atoms with Crippen LogP contribution >= 0.6 is 7.82 Å². The van der Waals surface area contributed by atoms with Crippen LogP contribution in [0.25, 0.3) is 0 Å². The Morgan fingerprint density at radius 1 is 0.451 bits per heavy atom. The van der Waals surface area contributed by atoms with Crippen molar-refractivity contribution in [2.45, 2.75) is 180 Å². The lowest BCUT2D eigenvalue weighted by molar-refractivity contribution is -0.870.